The molecule has 1 N–H and O–H groups in total. The summed E-state index contributed by atoms with van der Waals surface area (Å²) < 4.78 is 0. The average molecular weight is 304 g/mol. The number of halogens is 1. The van der Waals surface area contributed by atoms with Gasteiger partial charge in [-0.3, -0.25) is 0 Å². The van der Waals surface area contributed by atoms with Gasteiger partial charge in [-0.2, -0.15) is 0 Å². The second-order valence-electron chi connectivity index (χ2n) is 5.53. The summed E-state index contributed by atoms with van der Waals surface area (Å²) >= 11 is 5.89. The fourth-order valence-corrected chi connectivity index (χ4v) is 2.57. The van der Waals surface area contributed by atoms with Crippen LogP contribution in [0.15, 0.2) is 48.5 Å². The molecule has 1 unspecified atom stereocenters. The van der Waals surface area contributed by atoms with Gasteiger partial charge >= 0.3 is 0 Å². The van der Waals surface area contributed by atoms with Crippen LogP contribution in [-0.2, 0) is 6.54 Å². The fourth-order valence-electron chi connectivity index (χ4n) is 2.44. The van der Waals surface area contributed by atoms with E-state index in [-0.39, 0.29) is 0 Å². The van der Waals surface area contributed by atoms with Gasteiger partial charge in [-0.05, 0) is 49.2 Å². The molecule has 0 radical (unpaired) electrons. The summed E-state index contributed by atoms with van der Waals surface area (Å²) in [6.07, 6.45) is 0.327. The average Bonchev–Trinajstić information content (AvgIpc) is 2.48. The van der Waals surface area contributed by atoms with Crippen molar-refractivity contribution in [2.75, 3.05) is 13.6 Å². The predicted molar refractivity (Wildman–Crippen MR) is 88.5 cm³/mol. The topological polar surface area (TPSA) is 23.5 Å². The lowest BCUT2D eigenvalue weighted by Gasteiger charge is -2.20. The van der Waals surface area contributed by atoms with Crippen molar-refractivity contribution in [1.29, 1.82) is 0 Å². The highest BCUT2D eigenvalue weighted by atomic mass is 35.5. The first-order chi connectivity index (χ1) is 10.1. The summed E-state index contributed by atoms with van der Waals surface area (Å²) in [7, 11) is 2.07. The number of nitrogens with zero attached hydrogens (tertiary/aromatic N) is 1. The van der Waals surface area contributed by atoms with E-state index in [9.17, 15) is 5.11 Å². The van der Waals surface area contributed by atoms with Crippen LogP contribution in [0.2, 0.25) is 5.02 Å². The van der Waals surface area contributed by atoms with Crippen molar-refractivity contribution in [1.82, 2.24) is 4.90 Å². The molecule has 0 heterocycles. The molecule has 0 fully saturated rings. The minimum absolute atomic E-state index is 0.404. The number of hydrogen-bond acceptors (Lipinski definition) is 2. The predicted octanol–water partition coefficient (Wildman–Crippen LogP) is 4.20. The van der Waals surface area contributed by atoms with Crippen LogP contribution >= 0.6 is 11.6 Å². The van der Waals surface area contributed by atoms with Crippen molar-refractivity contribution in [3.8, 4) is 0 Å². The van der Waals surface area contributed by atoms with E-state index < -0.39 is 6.10 Å². The molecule has 2 aromatic carbocycles. The molecule has 3 heteroatoms. The molecule has 0 aromatic heterocycles. The zero-order valence-electron chi connectivity index (χ0n) is 12.6. The summed E-state index contributed by atoms with van der Waals surface area (Å²) in [5.74, 6) is 0. The van der Waals surface area contributed by atoms with Crippen LogP contribution < -0.4 is 0 Å². The molecule has 0 saturated carbocycles. The molecular formula is C18H22ClNO. The van der Waals surface area contributed by atoms with Gasteiger partial charge in [0.05, 0.1) is 6.10 Å². The van der Waals surface area contributed by atoms with E-state index in [2.05, 4.69) is 11.9 Å². The summed E-state index contributed by atoms with van der Waals surface area (Å²) in [5.41, 5.74) is 3.40. The third-order valence-electron chi connectivity index (χ3n) is 3.70. The van der Waals surface area contributed by atoms with Gasteiger partial charge < -0.3 is 10.0 Å². The highest BCUT2D eigenvalue weighted by Crippen LogP contribution is 2.20. The van der Waals surface area contributed by atoms with Crippen LogP contribution in [-0.4, -0.2) is 23.6 Å². The number of aliphatic hydroxyl groups excluding tert-OH is 1. The first-order valence-corrected chi connectivity index (χ1v) is 7.60. The summed E-state index contributed by atoms with van der Waals surface area (Å²) in [5, 5.41) is 11.1. The Labute approximate surface area is 132 Å². The normalized spacial score (nSPS) is 12.6. The van der Waals surface area contributed by atoms with Gasteiger partial charge in [0.1, 0.15) is 0 Å². The maximum absolute atomic E-state index is 10.3. The maximum atomic E-state index is 10.3. The summed E-state index contributed by atoms with van der Waals surface area (Å²) in [6, 6.07) is 15.9. The lowest BCUT2D eigenvalue weighted by Crippen LogP contribution is -2.21. The standard InChI is InChI=1S/C18H22ClNO/c1-14-5-3-4-6-17(14)18(21)11-12-20(2)13-15-7-9-16(19)10-8-15/h3-10,18,21H,11-13H2,1-2H3. The van der Waals surface area contributed by atoms with E-state index in [1.807, 2.05) is 55.5 Å². The van der Waals surface area contributed by atoms with Crippen LogP contribution in [0.3, 0.4) is 0 Å². The molecule has 2 rings (SSSR count). The van der Waals surface area contributed by atoms with Crippen molar-refractivity contribution < 1.29 is 5.11 Å². The third kappa shape index (κ3) is 4.85. The smallest absolute Gasteiger partial charge is 0.0804 e. The third-order valence-corrected chi connectivity index (χ3v) is 3.95. The van der Waals surface area contributed by atoms with E-state index in [1.165, 1.54) is 5.56 Å². The molecule has 0 aliphatic carbocycles. The Balaban J connectivity index is 1.85. The molecule has 2 nitrogen and oxygen atoms in total. The van der Waals surface area contributed by atoms with Gasteiger partial charge in [-0.1, -0.05) is 48.0 Å². The minimum Gasteiger partial charge on any atom is -0.388 e. The molecule has 2 aromatic rings. The molecule has 0 amide bonds. The second kappa shape index (κ2) is 7.60. The number of aryl methyl sites for hydroxylation is 1. The SMILES string of the molecule is Cc1ccccc1C(O)CCN(C)Cc1ccc(Cl)cc1. The molecule has 0 aliphatic rings. The van der Waals surface area contributed by atoms with Crippen LogP contribution in [0.25, 0.3) is 0 Å². The van der Waals surface area contributed by atoms with E-state index in [0.29, 0.717) is 0 Å². The van der Waals surface area contributed by atoms with Crippen LogP contribution in [0, 0.1) is 6.92 Å². The Bertz CT molecular complexity index is 568. The second-order valence-corrected chi connectivity index (χ2v) is 5.96. The van der Waals surface area contributed by atoms with Crippen LogP contribution in [0.1, 0.15) is 29.2 Å². The Morgan fingerprint density at radius 1 is 1.10 bits per heavy atom. The molecule has 21 heavy (non-hydrogen) atoms. The summed E-state index contributed by atoms with van der Waals surface area (Å²) in [4.78, 5) is 2.21. The zero-order valence-corrected chi connectivity index (χ0v) is 13.3. The fraction of sp³-hybridized carbons (Fsp3) is 0.333. The molecule has 0 aliphatic heterocycles. The Morgan fingerprint density at radius 2 is 1.76 bits per heavy atom. The van der Waals surface area contributed by atoms with Gasteiger partial charge in [0.25, 0.3) is 0 Å². The Morgan fingerprint density at radius 3 is 2.43 bits per heavy atom. The first-order valence-electron chi connectivity index (χ1n) is 7.23. The number of aliphatic hydroxyl groups is 1. The van der Waals surface area contributed by atoms with E-state index in [4.69, 9.17) is 11.6 Å². The van der Waals surface area contributed by atoms with E-state index in [0.717, 1.165) is 35.7 Å². The quantitative estimate of drug-likeness (QED) is 0.864. The van der Waals surface area contributed by atoms with Crippen LogP contribution in [0.5, 0.6) is 0 Å². The monoisotopic (exact) mass is 303 g/mol. The molecule has 0 spiro atoms. The van der Waals surface area contributed by atoms with E-state index in [1.54, 1.807) is 0 Å². The first kappa shape index (κ1) is 16.0. The highest BCUT2D eigenvalue weighted by molar-refractivity contribution is 6.30. The number of benzene rings is 2. The zero-order chi connectivity index (χ0) is 15.2. The van der Waals surface area contributed by atoms with Gasteiger partial charge in [-0.15, -0.1) is 0 Å². The minimum atomic E-state index is -0.404. The largest absolute Gasteiger partial charge is 0.388 e. The molecule has 0 bridgehead atoms. The van der Waals surface area contributed by atoms with Crippen molar-refractivity contribution >= 4 is 11.6 Å². The molecule has 112 valence electrons. The molecule has 0 saturated heterocycles. The Kier molecular flexibility index (Phi) is 5.80. The molecule has 1 atom stereocenters. The van der Waals surface area contributed by atoms with Crippen molar-refractivity contribution in [2.24, 2.45) is 0 Å². The van der Waals surface area contributed by atoms with Gasteiger partial charge in [0, 0.05) is 18.1 Å². The number of hydrogen-bond donors (Lipinski definition) is 1. The van der Waals surface area contributed by atoms with Gasteiger partial charge in [-0.25, -0.2) is 0 Å². The van der Waals surface area contributed by atoms with Crippen molar-refractivity contribution in [3.63, 3.8) is 0 Å². The summed E-state index contributed by atoms with van der Waals surface area (Å²) in [6.45, 7) is 3.74. The Hall–Kier alpha value is -1.35. The van der Waals surface area contributed by atoms with Crippen molar-refractivity contribution in [3.05, 3.63) is 70.2 Å². The maximum Gasteiger partial charge on any atom is 0.0804 e. The van der Waals surface area contributed by atoms with Crippen molar-refractivity contribution in [2.45, 2.75) is 26.0 Å². The lowest BCUT2D eigenvalue weighted by atomic mass is 10.0. The van der Waals surface area contributed by atoms with E-state index >= 15 is 0 Å². The van der Waals surface area contributed by atoms with Crippen LogP contribution in [0.4, 0.5) is 0 Å². The highest BCUT2D eigenvalue weighted by Gasteiger charge is 2.11. The number of rotatable bonds is 6. The lowest BCUT2D eigenvalue weighted by molar-refractivity contribution is 0.147. The van der Waals surface area contributed by atoms with Gasteiger partial charge in [0.15, 0.2) is 0 Å². The molecular weight excluding hydrogens is 282 g/mol. The van der Waals surface area contributed by atoms with Gasteiger partial charge in [0.2, 0.25) is 0 Å².